The topological polar surface area (TPSA) is 106 Å². The van der Waals surface area contributed by atoms with Gasteiger partial charge in [0.15, 0.2) is 0 Å². The molecular formula is C14H15FN4O3. The fourth-order valence-corrected chi connectivity index (χ4v) is 2.60. The lowest BCUT2D eigenvalue weighted by molar-refractivity contribution is -0.148. The standard InChI is InChI=1S/C14H15FN4O3/c15-11-3-1-2-9(4-11)5-12(14(21)22)19-8-10(6-13(19)20)7-17-18-16/h1-4,10,12H,5-8H2,(H,21,22)/t10?,12-/m0/s1. The van der Waals surface area contributed by atoms with Gasteiger partial charge in [0.1, 0.15) is 11.9 Å². The highest BCUT2D eigenvalue weighted by molar-refractivity contribution is 5.85. The molecule has 1 aromatic carbocycles. The van der Waals surface area contributed by atoms with Crippen LogP contribution < -0.4 is 0 Å². The first-order chi connectivity index (χ1) is 10.5. The largest absolute Gasteiger partial charge is 0.480 e. The van der Waals surface area contributed by atoms with Gasteiger partial charge in [-0.1, -0.05) is 17.2 Å². The molecule has 1 aliphatic heterocycles. The van der Waals surface area contributed by atoms with Gasteiger partial charge in [-0.3, -0.25) is 4.79 Å². The van der Waals surface area contributed by atoms with E-state index in [0.29, 0.717) is 5.56 Å². The predicted octanol–water partition coefficient (Wildman–Crippen LogP) is 1.98. The van der Waals surface area contributed by atoms with E-state index in [1.54, 1.807) is 6.07 Å². The number of hydrogen-bond donors (Lipinski definition) is 1. The second-order valence-electron chi connectivity index (χ2n) is 5.22. The molecule has 1 aromatic rings. The molecule has 0 aliphatic carbocycles. The van der Waals surface area contributed by atoms with E-state index in [1.807, 2.05) is 0 Å². The fraction of sp³-hybridized carbons (Fsp3) is 0.429. The summed E-state index contributed by atoms with van der Waals surface area (Å²) < 4.78 is 13.2. The molecule has 8 heteroatoms. The van der Waals surface area contributed by atoms with Crippen LogP contribution in [0.25, 0.3) is 10.4 Å². The first-order valence-corrected chi connectivity index (χ1v) is 6.79. The Morgan fingerprint density at radius 2 is 2.36 bits per heavy atom. The van der Waals surface area contributed by atoms with Crippen LogP contribution in [-0.2, 0) is 16.0 Å². The number of carbonyl (C=O) groups is 2. The van der Waals surface area contributed by atoms with Crippen LogP contribution in [0.1, 0.15) is 12.0 Å². The molecule has 2 rings (SSSR count). The summed E-state index contributed by atoms with van der Waals surface area (Å²) in [6.45, 7) is 0.384. The number of carboxylic acids is 1. The number of benzene rings is 1. The quantitative estimate of drug-likeness (QED) is 0.493. The molecule has 0 bridgehead atoms. The van der Waals surface area contributed by atoms with Crippen LogP contribution >= 0.6 is 0 Å². The van der Waals surface area contributed by atoms with Gasteiger partial charge in [-0.2, -0.15) is 0 Å². The van der Waals surface area contributed by atoms with E-state index < -0.39 is 17.8 Å². The third-order valence-corrected chi connectivity index (χ3v) is 3.62. The molecule has 2 atom stereocenters. The van der Waals surface area contributed by atoms with Crippen molar-refractivity contribution in [2.75, 3.05) is 13.1 Å². The van der Waals surface area contributed by atoms with Crippen LogP contribution in [0.4, 0.5) is 4.39 Å². The molecule has 7 nitrogen and oxygen atoms in total. The maximum Gasteiger partial charge on any atom is 0.326 e. The molecule has 0 saturated carbocycles. The Morgan fingerprint density at radius 1 is 1.59 bits per heavy atom. The number of nitrogens with zero attached hydrogens (tertiary/aromatic N) is 4. The minimum atomic E-state index is -1.14. The lowest BCUT2D eigenvalue weighted by Crippen LogP contribution is -2.43. The van der Waals surface area contributed by atoms with Gasteiger partial charge in [0.05, 0.1) is 0 Å². The summed E-state index contributed by atoms with van der Waals surface area (Å²) in [5.74, 6) is -2.06. The van der Waals surface area contributed by atoms with Gasteiger partial charge in [0, 0.05) is 30.8 Å². The second kappa shape index (κ2) is 6.91. The molecule has 1 amide bonds. The van der Waals surface area contributed by atoms with E-state index in [1.165, 1.54) is 23.1 Å². The highest BCUT2D eigenvalue weighted by Crippen LogP contribution is 2.23. The van der Waals surface area contributed by atoms with Crippen molar-refractivity contribution >= 4 is 11.9 Å². The van der Waals surface area contributed by atoms with Crippen LogP contribution in [0.5, 0.6) is 0 Å². The monoisotopic (exact) mass is 306 g/mol. The SMILES string of the molecule is [N-]=[N+]=NCC1CC(=O)N([C@@H](Cc2cccc(F)c2)C(=O)O)C1. The molecule has 1 N–H and O–H groups in total. The van der Waals surface area contributed by atoms with Crippen LogP contribution in [0.2, 0.25) is 0 Å². The van der Waals surface area contributed by atoms with Gasteiger partial charge < -0.3 is 10.0 Å². The lowest BCUT2D eigenvalue weighted by atomic mass is 10.0. The summed E-state index contributed by atoms with van der Waals surface area (Å²) in [5, 5.41) is 12.8. The van der Waals surface area contributed by atoms with E-state index in [2.05, 4.69) is 10.0 Å². The maximum absolute atomic E-state index is 13.2. The first kappa shape index (κ1) is 15.8. The number of halogens is 1. The summed E-state index contributed by atoms with van der Waals surface area (Å²) in [6.07, 6.45) is 0.193. The molecule has 0 radical (unpaired) electrons. The van der Waals surface area contributed by atoms with Crippen LogP contribution in [0.15, 0.2) is 29.4 Å². The third-order valence-electron chi connectivity index (χ3n) is 3.62. The third kappa shape index (κ3) is 3.73. The van der Waals surface area contributed by atoms with Crippen molar-refractivity contribution in [1.82, 2.24) is 4.90 Å². The van der Waals surface area contributed by atoms with Crippen molar-refractivity contribution in [3.05, 3.63) is 46.1 Å². The zero-order valence-electron chi connectivity index (χ0n) is 11.7. The molecule has 1 fully saturated rings. The molecule has 1 saturated heterocycles. The Balaban J connectivity index is 2.12. The van der Waals surface area contributed by atoms with Crippen LogP contribution in [0.3, 0.4) is 0 Å². The molecular weight excluding hydrogens is 291 g/mol. The summed E-state index contributed by atoms with van der Waals surface area (Å²) in [4.78, 5) is 27.4. The Bertz CT molecular complexity index is 630. The van der Waals surface area contributed by atoms with Crippen molar-refractivity contribution in [3.8, 4) is 0 Å². The smallest absolute Gasteiger partial charge is 0.326 e. The number of azide groups is 1. The van der Waals surface area contributed by atoms with Gasteiger partial charge in [-0.05, 0) is 29.1 Å². The summed E-state index contributed by atoms with van der Waals surface area (Å²) in [5.41, 5.74) is 8.82. The molecule has 1 unspecified atom stereocenters. The summed E-state index contributed by atoms with van der Waals surface area (Å²) in [6, 6.07) is 4.60. The van der Waals surface area contributed by atoms with Crippen LogP contribution in [-0.4, -0.2) is 41.0 Å². The lowest BCUT2D eigenvalue weighted by Gasteiger charge is -2.24. The minimum absolute atomic E-state index is 0.0348. The van der Waals surface area contributed by atoms with Crippen LogP contribution in [0, 0.1) is 11.7 Å². The van der Waals surface area contributed by atoms with E-state index in [0.717, 1.165) is 0 Å². The van der Waals surface area contributed by atoms with Crippen molar-refractivity contribution in [1.29, 1.82) is 0 Å². The Morgan fingerprint density at radius 3 is 3.00 bits per heavy atom. The van der Waals surface area contributed by atoms with Gasteiger partial charge in [-0.25, -0.2) is 9.18 Å². The highest BCUT2D eigenvalue weighted by Gasteiger charge is 2.37. The van der Waals surface area contributed by atoms with E-state index in [4.69, 9.17) is 5.53 Å². The van der Waals surface area contributed by atoms with Gasteiger partial charge in [0.25, 0.3) is 0 Å². The number of amides is 1. The highest BCUT2D eigenvalue weighted by atomic mass is 19.1. The number of carboxylic acid groups (broad SMARTS) is 1. The maximum atomic E-state index is 13.2. The summed E-state index contributed by atoms with van der Waals surface area (Å²) in [7, 11) is 0. The number of carbonyl (C=O) groups excluding carboxylic acids is 1. The Hall–Kier alpha value is -2.60. The van der Waals surface area contributed by atoms with Gasteiger partial charge in [0.2, 0.25) is 5.91 Å². The minimum Gasteiger partial charge on any atom is -0.480 e. The van der Waals surface area contributed by atoms with Crippen molar-refractivity contribution in [2.24, 2.45) is 11.0 Å². The van der Waals surface area contributed by atoms with E-state index in [9.17, 15) is 19.1 Å². The van der Waals surface area contributed by atoms with Gasteiger partial charge in [-0.15, -0.1) is 0 Å². The van der Waals surface area contributed by atoms with Crippen molar-refractivity contribution < 1.29 is 19.1 Å². The van der Waals surface area contributed by atoms with E-state index >= 15 is 0 Å². The molecule has 22 heavy (non-hydrogen) atoms. The second-order valence-corrected chi connectivity index (χ2v) is 5.22. The fourth-order valence-electron chi connectivity index (χ4n) is 2.60. The zero-order chi connectivity index (χ0) is 16.1. The van der Waals surface area contributed by atoms with Crippen molar-refractivity contribution in [2.45, 2.75) is 18.9 Å². The predicted molar refractivity (Wildman–Crippen MR) is 75.4 cm³/mol. The normalized spacial score (nSPS) is 18.9. The van der Waals surface area contributed by atoms with Gasteiger partial charge >= 0.3 is 5.97 Å². The summed E-state index contributed by atoms with van der Waals surface area (Å²) >= 11 is 0. The number of likely N-dealkylation sites (tertiary alicyclic amines) is 1. The molecule has 1 aliphatic rings. The first-order valence-electron chi connectivity index (χ1n) is 6.79. The molecule has 0 aromatic heterocycles. The van der Waals surface area contributed by atoms with Crippen molar-refractivity contribution in [3.63, 3.8) is 0 Å². The average molecular weight is 306 g/mol. The zero-order valence-corrected chi connectivity index (χ0v) is 11.7. The molecule has 1 heterocycles. The number of aliphatic carboxylic acids is 1. The van der Waals surface area contributed by atoms with E-state index in [-0.39, 0.29) is 37.8 Å². The number of rotatable bonds is 6. The Kier molecular flexibility index (Phi) is 4.95. The molecule has 0 spiro atoms. The molecule has 116 valence electrons. The average Bonchev–Trinajstić information content (AvgIpc) is 2.83. The Labute approximate surface area is 126 Å². The number of hydrogen-bond acceptors (Lipinski definition) is 3.